The number of aliphatic carboxylic acids is 1. The van der Waals surface area contributed by atoms with Crippen molar-refractivity contribution in [3.05, 3.63) is 57.6 Å². The molecule has 0 amide bonds. The van der Waals surface area contributed by atoms with Crippen LogP contribution in [0.15, 0.2) is 34.3 Å². The summed E-state index contributed by atoms with van der Waals surface area (Å²) in [7, 11) is 3.16. The van der Waals surface area contributed by atoms with Crippen LogP contribution in [0.25, 0.3) is 0 Å². The summed E-state index contributed by atoms with van der Waals surface area (Å²) in [4.78, 5) is 41.3. The number of aromatic hydroxyl groups is 2. The Morgan fingerprint density at radius 1 is 0.660 bits per heavy atom. The van der Waals surface area contributed by atoms with Gasteiger partial charge in [0.15, 0.2) is 0 Å². The maximum Gasteiger partial charge on any atom is 0.508 e. The summed E-state index contributed by atoms with van der Waals surface area (Å²) in [5.74, 6) is -0.197. The molecule has 2 aliphatic heterocycles. The van der Waals surface area contributed by atoms with Gasteiger partial charge in [0.2, 0.25) is 8.06 Å². The fraction of sp³-hybridized carbons (Fsp3) is 0.757. The van der Waals surface area contributed by atoms with Crippen LogP contribution in [0.1, 0.15) is 233 Å². The second-order valence-corrected chi connectivity index (χ2v) is 33.2. The first-order chi connectivity index (χ1) is 43.2. The number of carbonyl (C=O) groups excluding carboxylic acids is 2. The molecule has 1 saturated carbocycles. The molecule has 1 aliphatic carbocycles. The molecule has 2 heterocycles. The summed E-state index contributed by atoms with van der Waals surface area (Å²) in [5, 5.41) is 60.1. The Balaban J connectivity index is -0.000000235. The molecule has 1 radical (unpaired) electrons. The number of halogens is 3. The molecule has 0 spiro atoms. The van der Waals surface area contributed by atoms with E-state index < -0.39 is 24.4 Å². The third kappa shape index (κ3) is 64.4. The number of nitrogens with zero attached hydrogens (tertiary/aromatic N) is 2. The fourth-order valence-electron chi connectivity index (χ4n) is 7.20. The summed E-state index contributed by atoms with van der Waals surface area (Å²) in [6, 6.07) is 8.53. The number of carboxylic acid groups (broad SMARTS) is 1. The number of phenols is 2. The van der Waals surface area contributed by atoms with Crippen molar-refractivity contribution >= 4 is 92.9 Å². The molecule has 0 bridgehead atoms. The molecule has 8 unspecified atom stereocenters. The van der Waals surface area contributed by atoms with Gasteiger partial charge >= 0.3 is 12.3 Å². The average molecular weight is 1710 g/mol. The number of epoxide rings is 2. The van der Waals surface area contributed by atoms with Crippen molar-refractivity contribution in [2.45, 2.75) is 282 Å². The minimum absolute atomic E-state index is 0. The molecular weight excluding hydrogens is 1580 g/mol. The minimum Gasteiger partial charge on any atom is -1.00 e. The number of rotatable bonds is 19. The quantitative estimate of drug-likeness (QED) is 0.0172. The van der Waals surface area contributed by atoms with Gasteiger partial charge in [-0.2, -0.15) is 0 Å². The molecule has 8 N–H and O–H groups in total. The van der Waals surface area contributed by atoms with Gasteiger partial charge in [-0.25, -0.2) is 14.8 Å². The maximum atomic E-state index is 11.3. The number of nitrogens with two attached hydrogens (primary N) is 1. The van der Waals surface area contributed by atoms with Crippen LogP contribution in [-0.4, -0.2) is 184 Å². The van der Waals surface area contributed by atoms with E-state index in [9.17, 15) is 19.8 Å². The van der Waals surface area contributed by atoms with Gasteiger partial charge in [-0.3, -0.25) is 14.8 Å². The number of alkyl halides is 2. The van der Waals surface area contributed by atoms with E-state index in [0.29, 0.717) is 30.8 Å². The van der Waals surface area contributed by atoms with Crippen molar-refractivity contribution < 1.29 is 122 Å². The Hall–Kier alpha value is -2.14. The zero-order chi connectivity index (χ0) is 73.8. The Morgan fingerprint density at radius 2 is 0.959 bits per heavy atom. The molecule has 21 nitrogen and oxygen atoms in total. The van der Waals surface area contributed by atoms with E-state index in [2.05, 4.69) is 178 Å². The predicted molar refractivity (Wildman–Crippen MR) is 407 cm³/mol. The van der Waals surface area contributed by atoms with Crippen LogP contribution < -0.4 is 17.6 Å². The minimum atomic E-state index is -0.833. The first-order valence-corrected chi connectivity index (χ1v) is 37.8. The molecule has 2 aromatic carbocycles. The number of hydrogen-bond donors (Lipinski definition) is 7. The summed E-state index contributed by atoms with van der Waals surface area (Å²) >= 11 is 4.55. The van der Waals surface area contributed by atoms with E-state index >= 15 is 0 Å². The van der Waals surface area contributed by atoms with E-state index in [1.807, 2.05) is 40.1 Å². The number of phenolic OH excluding ortho intramolecular Hbond substituents is 2. The van der Waals surface area contributed by atoms with Crippen molar-refractivity contribution in [1.82, 2.24) is 0 Å². The van der Waals surface area contributed by atoms with Gasteiger partial charge in [0, 0.05) is 64.5 Å². The number of carbonyl (C=O) groups is 3. The van der Waals surface area contributed by atoms with Crippen molar-refractivity contribution in [2.24, 2.45) is 9.98 Å². The molecule has 8 atom stereocenters. The average Bonchev–Trinajstić information content (AvgIpc) is 1.78. The van der Waals surface area contributed by atoms with Crippen molar-refractivity contribution in [1.29, 1.82) is 0 Å². The zero-order valence-electron chi connectivity index (χ0n) is 62.2. The Morgan fingerprint density at radius 3 is 1.20 bits per heavy atom. The van der Waals surface area contributed by atoms with Crippen molar-refractivity contribution in [3.8, 4) is 11.5 Å². The Kier molecular flexibility index (Phi) is 66.1. The van der Waals surface area contributed by atoms with Gasteiger partial charge in [0.25, 0.3) is 5.97 Å². The van der Waals surface area contributed by atoms with Crippen LogP contribution in [0.2, 0.25) is 0 Å². The molecule has 0 aromatic heterocycles. The molecule has 97 heavy (non-hydrogen) atoms. The number of benzene rings is 2. The van der Waals surface area contributed by atoms with Crippen LogP contribution in [0.5, 0.6) is 11.5 Å². The van der Waals surface area contributed by atoms with E-state index in [0.717, 1.165) is 82.7 Å². The van der Waals surface area contributed by atoms with E-state index in [1.165, 1.54) is 20.5 Å². The number of hydrogen-bond acceptors (Lipinski definition) is 19. The fourth-order valence-corrected chi connectivity index (χ4v) is 7.20. The molecule has 2 saturated heterocycles. The SMILES string of the molecule is C.C1CO1.CC(=O)O.CC(C)(C)c1cc(C=NC2CCCCC2N=Cc2cc(C(C)(C)C)cc(C(C)(C)C)c2O)c(O)c(C(C)(C)C)c1.CC(C)O.CC(C)OCC(C)OC(=O)OCC(C)OCCO.CC(O)COC(=O)OC(C)COC(C)C.CC1CO1.ICI.[Cl-].[Co].[NH2+]=PP. The predicted octanol–water partition coefficient (Wildman–Crippen LogP) is 11.8. The number of ether oxygens (including phenoxy) is 9. The first kappa shape index (κ1) is 108. The molecule has 27 heteroatoms. The largest absolute Gasteiger partial charge is 1.00 e. The Bertz CT molecular complexity index is 2310. The summed E-state index contributed by atoms with van der Waals surface area (Å²) in [5.41, 5.74) is 5.39. The van der Waals surface area contributed by atoms with Gasteiger partial charge in [-0.1, -0.05) is 161 Å². The standard InChI is InChI=1S/C36H54N2O2.C12H24O6.C10H20O5.C3H6O.C3H8O.C2H4O2.C2H4O.CH2I2.CH4.ClH.Co.H3NP2/c1-33(2,3)25-17-23(31(39)27(19-25)35(7,8)9)21-37-29-15-13-14-16-30(29)38-22-24-18-26(34(4,5)6)20-28(32(24)40)36(10,11)12;1-9(2)16-8-11(4)18-12(14)17-7-10(3)15-6-5-13;1-7(2)13-6-9(4)15-10(12)14-5-8(3)11;1-3-2-4-3;1-3(2)4;1-2(3)4;1-2-3-1;2-1-3;;;;1-3-2/h17-22,29-30,39-40H,13-16H2,1-12H3;9-11,13H,5-8H2,1-4H3;7-9,11H,5-6H2,1-4H3;3H,2H2,1H3;3-4H,1-2H3;1H3,(H,3,4);1-2H2;1H2;1H4;1H;;1H,2H2. The van der Waals surface area contributed by atoms with Gasteiger partial charge in [-0.15, -0.1) is 0 Å². The molecule has 573 valence electrons. The molecule has 3 aliphatic rings. The van der Waals surface area contributed by atoms with Gasteiger partial charge in [0.1, 0.15) is 36.9 Å². The number of aliphatic hydroxyl groups excluding tert-OH is 3. The first-order valence-electron chi connectivity index (χ1n) is 32.2. The van der Waals surface area contributed by atoms with E-state index in [4.69, 9.17) is 73.5 Å². The van der Waals surface area contributed by atoms with Crippen LogP contribution >= 0.6 is 62.2 Å². The third-order valence-corrected chi connectivity index (χ3v) is 12.1. The normalized spacial score (nSPS) is 16.4. The monoisotopic (exact) mass is 1710 g/mol. The number of aliphatic hydroxyl groups is 3. The molecular formula is C70H130ClCoI2N3O18P2. The summed E-state index contributed by atoms with van der Waals surface area (Å²) in [6.45, 7) is 50.8. The van der Waals surface area contributed by atoms with Crippen LogP contribution in [-0.2, 0) is 85.9 Å². The zero-order valence-corrected chi connectivity index (χ0v) is 70.3. The molecule has 5 rings (SSSR count). The summed E-state index contributed by atoms with van der Waals surface area (Å²) in [6.07, 6.45) is 5.34. The van der Waals surface area contributed by atoms with E-state index in [1.54, 1.807) is 34.6 Å². The van der Waals surface area contributed by atoms with Crippen LogP contribution in [0.4, 0.5) is 9.59 Å². The second kappa shape index (κ2) is 59.3. The van der Waals surface area contributed by atoms with Crippen LogP contribution in [0.3, 0.4) is 0 Å². The van der Waals surface area contributed by atoms with Gasteiger partial charge < -0.3 is 85.7 Å². The molecule has 3 fully saturated rings. The van der Waals surface area contributed by atoms with Gasteiger partial charge in [-0.05, 0) is 143 Å². The second-order valence-electron chi connectivity index (χ2n) is 27.5. The molecule has 2 aromatic rings. The number of aliphatic imine (C=N–C) groups is 2. The Labute approximate surface area is 633 Å². The van der Waals surface area contributed by atoms with E-state index in [-0.39, 0.29) is 133 Å². The smallest absolute Gasteiger partial charge is 0.508 e. The maximum absolute atomic E-state index is 11.3. The third-order valence-electron chi connectivity index (χ3n) is 12.1. The number of carboxylic acids is 1. The summed E-state index contributed by atoms with van der Waals surface area (Å²) < 4.78 is 45.3. The van der Waals surface area contributed by atoms with Crippen LogP contribution in [0, 0.1) is 0 Å². The van der Waals surface area contributed by atoms with Crippen molar-refractivity contribution in [3.63, 3.8) is 0 Å². The van der Waals surface area contributed by atoms with Gasteiger partial charge in [0.05, 0.1) is 91.3 Å². The van der Waals surface area contributed by atoms with Crippen molar-refractivity contribution in [2.75, 3.05) is 61.9 Å². The topological polar surface area (TPSA) is 313 Å².